The number of hydrazone groups is 1. The smallest absolute Gasteiger partial charge is 0.284 e. The number of fused-ring (bicyclic) bond motifs is 2. The maximum absolute atomic E-state index is 12.2. The SMILES string of the molecule is O=C(N/N=C/c1cc2c(cc1[N+](=O)[O-])OCO2)[C@H]1COc2ccccc2O1. The molecular formula is C17H13N3O7. The number of para-hydroxylation sites is 2. The summed E-state index contributed by atoms with van der Waals surface area (Å²) in [5.74, 6) is 1.13. The summed E-state index contributed by atoms with van der Waals surface area (Å²) in [6.07, 6.45) is 0.277. The summed E-state index contributed by atoms with van der Waals surface area (Å²) in [5.41, 5.74) is 2.24. The molecule has 2 aliphatic heterocycles. The number of nitrogens with zero attached hydrogens (tertiary/aromatic N) is 2. The van der Waals surface area contributed by atoms with Gasteiger partial charge in [-0.2, -0.15) is 5.10 Å². The minimum absolute atomic E-state index is 0.00961. The van der Waals surface area contributed by atoms with Crippen LogP contribution in [0, 0.1) is 10.1 Å². The molecule has 0 unspecified atom stereocenters. The molecule has 0 bridgehead atoms. The highest BCUT2D eigenvalue weighted by atomic mass is 16.7. The maximum atomic E-state index is 12.2. The van der Waals surface area contributed by atoms with E-state index >= 15 is 0 Å². The predicted molar refractivity (Wildman–Crippen MR) is 91.3 cm³/mol. The van der Waals surface area contributed by atoms with E-state index in [-0.39, 0.29) is 30.4 Å². The van der Waals surface area contributed by atoms with Crippen molar-refractivity contribution >= 4 is 17.8 Å². The third kappa shape index (κ3) is 3.32. The molecule has 2 aromatic rings. The topological polar surface area (TPSA) is 122 Å². The molecule has 0 radical (unpaired) electrons. The van der Waals surface area contributed by atoms with Crippen LogP contribution in [0.5, 0.6) is 23.0 Å². The Bertz CT molecular complexity index is 944. The molecule has 2 heterocycles. The number of nitrogens with one attached hydrogen (secondary N) is 1. The first-order valence-electron chi connectivity index (χ1n) is 7.91. The van der Waals surface area contributed by atoms with Gasteiger partial charge in [-0.1, -0.05) is 12.1 Å². The van der Waals surface area contributed by atoms with Gasteiger partial charge in [-0.05, 0) is 18.2 Å². The monoisotopic (exact) mass is 371 g/mol. The Morgan fingerprint density at radius 2 is 1.89 bits per heavy atom. The minimum Gasteiger partial charge on any atom is -0.485 e. The van der Waals surface area contributed by atoms with E-state index in [1.807, 2.05) is 0 Å². The lowest BCUT2D eigenvalue weighted by Crippen LogP contribution is -2.42. The Kier molecular flexibility index (Phi) is 4.21. The number of benzene rings is 2. The van der Waals surface area contributed by atoms with Gasteiger partial charge in [0.2, 0.25) is 12.9 Å². The Balaban J connectivity index is 1.45. The van der Waals surface area contributed by atoms with E-state index in [1.165, 1.54) is 12.1 Å². The highest BCUT2D eigenvalue weighted by Crippen LogP contribution is 2.37. The zero-order chi connectivity index (χ0) is 18.8. The van der Waals surface area contributed by atoms with E-state index in [0.29, 0.717) is 17.2 Å². The lowest BCUT2D eigenvalue weighted by Gasteiger charge is -2.24. The van der Waals surface area contributed by atoms with Crippen molar-refractivity contribution in [2.75, 3.05) is 13.4 Å². The van der Waals surface area contributed by atoms with Crippen LogP contribution in [0.25, 0.3) is 0 Å². The molecule has 4 rings (SSSR count). The summed E-state index contributed by atoms with van der Waals surface area (Å²) in [5, 5.41) is 15.0. The van der Waals surface area contributed by atoms with Crippen LogP contribution in [-0.2, 0) is 4.79 Å². The van der Waals surface area contributed by atoms with Gasteiger partial charge in [0.25, 0.3) is 11.6 Å². The van der Waals surface area contributed by atoms with Crippen molar-refractivity contribution in [2.45, 2.75) is 6.10 Å². The molecule has 0 aliphatic carbocycles. The fourth-order valence-electron chi connectivity index (χ4n) is 2.59. The highest BCUT2D eigenvalue weighted by Gasteiger charge is 2.27. The molecule has 2 aromatic carbocycles. The predicted octanol–water partition coefficient (Wildman–Crippen LogP) is 1.61. The van der Waals surface area contributed by atoms with Gasteiger partial charge in [0.05, 0.1) is 22.8 Å². The van der Waals surface area contributed by atoms with Crippen LogP contribution in [0.1, 0.15) is 5.56 Å². The largest absolute Gasteiger partial charge is 0.485 e. The number of ether oxygens (including phenoxy) is 4. The summed E-state index contributed by atoms with van der Waals surface area (Å²) >= 11 is 0. The van der Waals surface area contributed by atoms with Crippen molar-refractivity contribution in [3.63, 3.8) is 0 Å². The Hall–Kier alpha value is -3.82. The van der Waals surface area contributed by atoms with Crippen molar-refractivity contribution in [1.82, 2.24) is 5.43 Å². The van der Waals surface area contributed by atoms with Gasteiger partial charge in [0.15, 0.2) is 23.0 Å². The van der Waals surface area contributed by atoms with Crippen LogP contribution in [0.3, 0.4) is 0 Å². The van der Waals surface area contributed by atoms with Crippen LogP contribution < -0.4 is 24.4 Å². The van der Waals surface area contributed by atoms with Crippen LogP contribution in [0.15, 0.2) is 41.5 Å². The fraction of sp³-hybridized carbons (Fsp3) is 0.176. The molecule has 1 N–H and O–H groups in total. The number of nitro groups is 1. The van der Waals surface area contributed by atoms with Gasteiger partial charge in [0.1, 0.15) is 6.61 Å². The van der Waals surface area contributed by atoms with Crippen LogP contribution in [-0.4, -0.2) is 36.5 Å². The van der Waals surface area contributed by atoms with Crippen molar-refractivity contribution in [3.8, 4) is 23.0 Å². The zero-order valence-corrected chi connectivity index (χ0v) is 13.8. The molecule has 10 heteroatoms. The molecule has 10 nitrogen and oxygen atoms in total. The van der Waals surface area contributed by atoms with Crippen molar-refractivity contribution in [3.05, 3.63) is 52.1 Å². The number of amides is 1. The lowest BCUT2D eigenvalue weighted by molar-refractivity contribution is -0.385. The lowest BCUT2D eigenvalue weighted by atomic mass is 10.1. The van der Waals surface area contributed by atoms with E-state index in [1.54, 1.807) is 24.3 Å². The average molecular weight is 371 g/mol. The molecule has 1 atom stereocenters. The minimum atomic E-state index is -0.885. The second-order valence-electron chi connectivity index (χ2n) is 5.62. The normalized spacial score (nSPS) is 17.0. The van der Waals surface area contributed by atoms with E-state index < -0.39 is 16.9 Å². The number of hydrogen-bond acceptors (Lipinski definition) is 8. The Morgan fingerprint density at radius 1 is 1.15 bits per heavy atom. The summed E-state index contributed by atoms with van der Waals surface area (Å²) < 4.78 is 21.4. The van der Waals surface area contributed by atoms with Gasteiger partial charge in [0, 0.05) is 0 Å². The Labute approximate surface area is 152 Å². The van der Waals surface area contributed by atoms with Crippen molar-refractivity contribution in [2.24, 2.45) is 5.10 Å². The fourth-order valence-corrected chi connectivity index (χ4v) is 2.59. The van der Waals surface area contributed by atoms with Crippen molar-refractivity contribution in [1.29, 1.82) is 0 Å². The van der Waals surface area contributed by atoms with Crippen molar-refractivity contribution < 1.29 is 28.7 Å². The van der Waals surface area contributed by atoms with E-state index in [0.717, 1.165) is 6.21 Å². The van der Waals surface area contributed by atoms with Gasteiger partial charge < -0.3 is 18.9 Å². The maximum Gasteiger partial charge on any atom is 0.284 e. The molecule has 0 aromatic heterocycles. The van der Waals surface area contributed by atoms with Gasteiger partial charge in [-0.15, -0.1) is 0 Å². The zero-order valence-electron chi connectivity index (χ0n) is 13.8. The first-order valence-corrected chi connectivity index (χ1v) is 7.91. The van der Waals surface area contributed by atoms with Gasteiger partial charge in [-0.3, -0.25) is 14.9 Å². The van der Waals surface area contributed by atoms with E-state index in [2.05, 4.69) is 10.5 Å². The molecule has 2 aliphatic rings. The summed E-state index contributed by atoms with van der Waals surface area (Å²) in [6, 6.07) is 9.66. The number of rotatable bonds is 4. The van der Waals surface area contributed by atoms with Gasteiger partial charge >= 0.3 is 0 Å². The van der Waals surface area contributed by atoms with Crippen LogP contribution in [0.2, 0.25) is 0 Å². The summed E-state index contributed by atoms with van der Waals surface area (Å²) in [6.45, 7) is 0.0207. The number of hydrogen-bond donors (Lipinski definition) is 1. The molecule has 27 heavy (non-hydrogen) atoms. The molecule has 1 amide bonds. The molecule has 0 spiro atoms. The second-order valence-corrected chi connectivity index (χ2v) is 5.62. The van der Waals surface area contributed by atoms with E-state index in [9.17, 15) is 14.9 Å². The van der Waals surface area contributed by atoms with Gasteiger partial charge in [-0.25, -0.2) is 5.43 Å². The third-order valence-electron chi connectivity index (χ3n) is 3.90. The third-order valence-corrected chi connectivity index (χ3v) is 3.90. The molecular weight excluding hydrogens is 358 g/mol. The molecule has 0 saturated heterocycles. The Morgan fingerprint density at radius 3 is 2.67 bits per heavy atom. The summed E-state index contributed by atoms with van der Waals surface area (Å²) in [4.78, 5) is 22.8. The van der Waals surface area contributed by atoms with Crippen LogP contribution in [0.4, 0.5) is 5.69 Å². The van der Waals surface area contributed by atoms with Crippen LogP contribution >= 0.6 is 0 Å². The quantitative estimate of drug-likeness (QED) is 0.492. The standard InChI is InChI=1S/C17H13N3O7/c21-17(16-8-24-12-3-1-2-4-13(12)27-16)19-18-7-10-5-14-15(26-9-25-14)6-11(10)20(22)23/h1-7,16H,8-9H2,(H,19,21)/b18-7+/t16-/m1/s1. The first kappa shape index (κ1) is 16.6. The first-order chi connectivity index (χ1) is 13.1. The molecule has 0 saturated carbocycles. The molecule has 138 valence electrons. The number of carbonyl (C=O) groups is 1. The molecule has 0 fully saturated rings. The number of nitro benzene ring substituents is 1. The summed E-state index contributed by atoms with van der Waals surface area (Å²) in [7, 11) is 0. The average Bonchev–Trinajstić information content (AvgIpc) is 3.14. The number of carbonyl (C=O) groups excluding carboxylic acids is 1. The second kappa shape index (κ2) is 6.83. The highest BCUT2D eigenvalue weighted by molar-refractivity contribution is 5.89. The van der Waals surface area contributed by atoms with E-state index in [4.69, 9.17) is 18.9 Å².